The molecule has 0 aliphatic carbocycles. The Balaban J connectivity index is 1.90. The van der Waals surface area contributed by atoms with E-state index in [1.165, 1.54) is 23.9 Å². The van der Waals surface area contributed by atoms with Gasteiger partial charge in [0.05, 0.1) is 11.4 Å². The van der Waals surface area contributed by atoms with Gasteiger partial charge in [-0.25, -0.2) is 4.39 Å². The third-order valence-electron chi connectivity index (χ3n) is 2.46. The largest absolute Gasteiger partial charge is 0.399 e. The Hall–Kier alpha value is -1.53. The van der Waals surface area contributed by atoms with Crippen molar-refractivity contribution in [2.45, 2.75) is 4.90 Å². The van der Waals surface area contributed by atoms with Gasteiger partial charge in [-0.2, -0.15) is 0 Å². The lowest BCUT2D eigenvalue weighted by Gasteiger charge is -2.06. The van der Waals surface area contributed by atoms with Crippen molar-refractivity contribution < 1.29 is 9.18 Å². The standard InChI is InChI=1S/C14H12BrFN2OS/c15-9-1-6-13(12(16)7-9)18-14(19)8-20-11-4-2-10(17)3-5-11/h1-7H,8,17H2,(H,18,19). The maximum absolute atomic E-state index is 13.6. The Morgan fingerprint density at radius 2 is 1.95 bits per heavy atom. The minimum atomic E-state index is -0.467. The molecule has 3 N–H and O–H groups in total. The molecule has 0 bridgehead atoms. The van der Waals surface area contributed by atoms with E-state index < -0.39 is 5.82 Å². The predicted molar refractivity (Wildman–Crippen MR) is 84.3 cm³/mol. The molecule has 0 aliphatic rings. The highest BCUT2D eigenvalue weighted by Crippen LogP contribution is 2.21. The Morgan fingerprint density at radius 3 is 2.60 bits per heavy atom. The van der Waals surface area contributed by atoms with Crippen LogP contribution in [0.1, 0.15) is 0 Å². The third kappa shape index (κ3) is 4.25. The van der Waals surface area contributed by atoms with Crippen LogP contribution in [0.15, 0.2) is 51.8 Å². The summed E-state index contributed by atoms with van der Waals surface area (Å²) in [6.07, 6.45) is 0. The van der Waals surface area contributed by atoms with Crippen molar-refractivity contribution in [3.8, 4) is 0 Å². The number of thioether (sulfide) groups is 1. The number of nitrogens with two attached hydrogens (primary N) is 1. The number of halogens is 2. The van der Waals surface area contributed by atoms with Crippen LogP contribution in [0.2, 0.25) is 0 Å². The fourth-order valence-electron chi connectivity index (χ4n) is 1.49. The van der Waals surface area contributed by atoms with Gasteiger partial charge in [0.1, 0.15) is 5.82 Å². The van der Waals surface area contributed by atoms with E-state index >= 15 is 0 Å². The molecule has 104 valence electrons. The van der Waals surface area contributed by atoms with E-state index in [9.17, 15) is 9.18 Å². The molecule has 0 saturated carbocycles. The number of carbonyl (C=O) groups excluding carboxylic acids is 1. The monoisotopic (exact) mass is 354 g/mol. The van der Waals surface area contributed by atoms with E-state index in [4.69, 9.17) is 5.73 Å². The average Bonchev–Trinajstić information content (AvgIpc) is 2.41. The van der Waals surface area contributed by atoms with Crippen LogP contribution in [-0.2, 0) is 4.79 Å². The summed E-state index contributed by atoms with van der Waals surface area (Å²) in [5.41, 5.74) is 6.43. The van der Waals surface area contributed by atoms with Crippen LogP contribution in [0.5, 0.6) is 0 Å². The number of nitrogens with one attached hydrogen (secondary N) is 1. The second-order valence-electron chi connectivity index (χ2n) is 4.03. The molecule has 0 aromatic heterocycles. The van der Waals surface area contributed by atoms with Crippen LogP contribution >= 0.6 is 27.7 Å². The van der Waals surface area contributed by atoms with Crippen molar-refractivity contribution in [2.24, 2.45) is 0 Å². The van der Waals surface area contributed by atoms with Crippen LogP contribution < -0.4 is 11.1 Å². The molecule has 0 unspecified atom stereocenters. The van der Waals surface area contributed by atoms with Crippen molar-refractivity contribution in [2.75, 3.05) is 16.8 Å². The summed E-state index contributed by atoms with van der Waals surface area (Å²) < 4.78 is 14.2. The first kappa shape index (κ1) is 14.9. The predicted octanol–water partition coefficient (Wildman–Crippen LogP) is 3.90. The van der Waals surface area contributed by atoms with Gasteiger partial charge in [0, 0.05) is 15.1 Å². The molecule has 0 atom stereocenters. The van der Waals surface area contributed by atoms with E-state index in [0.717, 1.165) is 4.90 Å². The smallest absolute Gasteiger partial charge is 0.234 e. The van der Waals surface area contributed by atoms with Crippen molar-refractivity contribution >= 4 is 45.0 Å². The van der Waals surface area contributed by atoms with E-state index in [1.807, 2.05) is 12.1 Å². The van der Waals surface area contributed by atoms with Gasteiger partial charge in [0.2, 0.25) is 5.91 Å². The molecule has 0 fully saturated rings. The maximum atomic E-state index is 13.6. The summed E-state index contributed by atoms with van der Waals surface area (Å²) in [6, 6.07) is 11.7. The summed E-state index contributed by atoms with van der Waals surface area (Å²) in [5.74, 6) is -0.516. The molecule has 1 amide bonds. The number of amides is 1. The van der Waals surface area contributed by atoms with Crippen molar-refractivity contribution in [1.29, 1.82) is 0 Å². The Bertz CT molecular complexity index is 619. The lowest BCUT2D eigenvalue weighted by molar-refractivity contribution is -0.113. The van der Waals surface area contributed by atoms with E-state index in [0.29, 0.717) is 10.2 Å². The first-order chi connectivity index (χ1) is 9.54. The lowest BCUT2D eigenvalue weighted by Crippen LogP contribution is -2.14. The van der Waals surface area contributed by atoms with Crippen LogP contribution in [0.25, 0.3) is 0 Å². The SMILES string of the molecule is Nc1ccc(SCC(=O)Nc2ccc(Br)cc2F)cc1. The van der Waals surface area contributed by atoms with Gasteiger partial charge in [-0.1, -0.05) is 15.9 Å². The van der Waals surface area contributed by atoms with Crippen molar-refractivity contribution in [1.82, 2.24) is 0 Å². The Labute approximate surface area is 128 Å². The first-order valence-corrected chi connectivity index (χ1v) is 7.56. The second kappa shape index (κ2) is 6.76. The van der Waals surface area contributed by atoms with E-state index in [-0.39, 0.29) is 17.3 Å². The van der Waals surface area contributed by atoms with Crippen LogP contribution in [0, 0.1) is 5.82 Å². The zero-order valence-electron chi connectivity index (χ0n) is 10.4. The molecule has 2 aromatic carbocycles. The molecule has 3 nitrogen and oxygen atoms in total. The second-order valence-corrected chi connectivity index (χ2v) is 5.99. The van der Waals surface area contributed by atoms with Crippen LogP contribution in [-0.4, -0.2) is 11.7 Å². The third-order valence-corrected chi connectivity index (χ3v) is 3.96. The molecule has 0 radical (unpaired) electrons. The minimum Gasteiger partial charge on any atom is -0.399 e. The summed E-state index contributed by atoms with van der Waals surface area (Å²) >= 11 is 4.53. The number of hydrogen-bond acceptors (Lipinski definition) is 3. The van der Waals surface area contributed by atoms with Gasteiger partial charge in [0.25, 0.3) is 0 Å². The normalized spacial score (nSPS) is 10.3. The van der Waals surface area contributed by atoms with E-state index in [2.05, 4.69) is 21.2 Å². The topological polar surface area (TPSA) is 55.1 Å². The Kier molecular flexibility index (Phi) is 5.03. The zero-order valence-corrected chi connectivity index (χ0v) is 12.8. The molecule has 6 heteroatoms. The summed E-state index contributed by atoms with van der Waals surface area (Å²) in [7, 11) is 0. The molecule has 0 spiro atoms. The van der Waals surface area contributed by atoms with Gasteiger partial charge in [-0.05, 0) is 42.5 Å². The molecule has 0 heterocycles. The molecule has 0 aliphatic heterocycles. The molecular weight excluding hydrogens is 343 g/mol. The zero-order chi connectivity index (χ0) is 14.5. The molecule has 0 saturated heterocycles. The summed E-state index contributed by atoms with van der Waals surface area (Å²) in [6.45, 7) is 0. The van der Waals surface area contributed by atoms with Gasteiger partial charge >= 0.3 is 0 Å². The Morgan fingerprint density at radius 1 is 1.25 bits per heavy atom. The number of anilines is 2. The van der Waals surface area contributed by atoms with Crippen LogP contribution in [0.3, 0.4) is 0 Å². The van der Waals surface area contributed by atoms with Crippen molar-refractivity contribution in [3.63, 3.8) is 0 Å². The highest BCUT2D eigenvalue weighted by Gasteiger charge is 2.08. The highest BCUT2D eigenvalue weighted by atomic mass is 79.9. The number of benzene rings is 2. The number of rotatable bonds is 4. The van der Waals surface area contributed by atoms with Gasteiger partial charge in [-0.3, -0.25) is 4.79 Å². The van der Waals surface area contributed by atoms with Gasteiger partial charge < -0.3 is 11.1 Å². The van der Waals surface area contributed by atoms with Crippen molar-refractivity contribution in [3.05, 3.63) is 52.8 Å². The molecule has 2 aromatic rings. The summed E-state index contributed by atoms with van der Waals surface area (Å²) in [4.78, 5) is 12.7. The first-order valence-electron chi connectivity index (χ1n) is 5.78. The number of hydrogen-bond donors (Lipinski definition) is 2. The summed E-state index contributed by atoms with van der Waals surface area (Å²) in [5, 5.41) is 2.54. The quantitative estimate of drug-likeness (QED) is 0.646. The highest BCUT2D eigenvalue weighted by molar-refractivity contribution is 9.10. The lowest BCUT2D eigenvalue weighted by atomic mass is 10.3. The fraction of sp³-hybridized carbons (Fsp3) is 0.0714. The molecular formula is C14H12BrFN2OS. The maximum Gasteiger partial charge on any atom is 0.234 e. The molecule has 2 rings (SSSR count). The average molecular weight is 355 g/mol. The van der Waals surface area contributed by atoms with Gasteiger partial charge in [-0.15, -0.1) is 11.8 Å². The number of carbonyl (C=O) groups is 1. The van der Waals surface area contributed by atoms with Gasteiger partial charge in [0.15, 0.2) is 0 Å². The molecule has 20 heavy (non-hydrogen) atoms. The fourth-order valence-corrected chi connectivity index (χ4v) is 2.52. The minimum absolute atomic E-state index is 0.177. The number of nitrogen functional groups attached to an aromatic ring is 1. The van der Waals surface area contributed by atoms with Crippen LogP contribution in [0.4, 0.5) is 15.8 Å². The van der Waals surface area contributed by atoms with E-state index in [1.54, 1.807) is 18.2 Å².